The van der Waals surface area contributed by atoms with Crippen LogP contribution in [0.25, 0.3) is 0 Å². The third kappa shape index (κ3) is 2.73. The Morgan fingerprint density at radius 2 is 2.00 bits per heavy atom. The monoisotopic (exact) mass is 285 g/mol. The van der Waals surface area contributed by atoms with Crippen LogP contribution in [0.2, 0.25) is 0 Å². The second kappa shape index (κ2) is 5.47. The van der Waals surface area contributed by atoms with Crippen molar-refractivity contribution in [1.29, 1.82) is 0 Å². The van der Waals surface area contributed by atoms with Gasteiger partial charge in [0.2, 0.25) is 5.91 Å². The Hall–Kier alpha value is -1.31. The predicted octanol–water partition coefficient (Wildman–Crippen LogP) is 4.59. The van der Waals surface area contributed by atoms with E-state index in [2.05, 4.69) is 32.0 Å². The van der Waals surface area contributed by atoms with E-state index in [0.29, 0.717) is 0 Å². The Morgan fingerprint density at radius 3 is 2.67 bits per heavy atom. The second-order valence-electron chi connectivity index (χ2n) is 7.39. The first-order valence-electron chi connectivity index (χ1n) is 8.39. The topological polar surface area (TPSA) is 20.3 Å². The Labute approximate surface area is 128 Å². The van der Waals surface area contributed by atoms with Crippen LogP contribution >= 0.6 is 0 Å². The van der Waals surface area contributed by atoms with Gasteiger partial charge < -0.3 is 4.90 Å². The molecule has 1 aromatic carbocycles. The fraction of sp³-hybridized carbons (Fsp3) is 0.632. The summed E-state index contributed by atoms with van der Waals surface area (Å²) in [6.07, 6.45) is 8.15. The highest BCUT2D eigenvalue weighted by molar-refractivity contribution is 5.94. The van der Waals surface area contributed by atoms with Crippen LogP contribution in [0.4, 0.5) is 5.69 Å². The Balaban J connectivity index is 1.92. The Morgan fingerprint density at radius 1 is 1.29 bits per heavy atom. The summed E-state index contributed by atoms with van der Waals surface area (Å²) in [5, 5.41) is 0. The van der Waals surface area contributed by atoms with Gasteiger partial charge in [0.1, 0.15) is 0 Å². The molecule has 1 aliphatic carbocycles. The maximum Gasteiger partial charge on any atom is 0.223 e. The molecule has 1 saturated carbocycles. The lowest BCUT2D eigenvalue weighted by Gasteiger charge is -2.32. The van der Waals surface area contributed by atoms with Gasteiger partial charge in [-0.05, 0) is 30.9 Å². The van der Waals surface area contributed by atoms with Crippen LogP contribution < -0.4 is 4.90 Å². The summed E-state index contributed by atoms with van der Waals surface area (Å²) in [7, 11) is 0. The lowest BCUT2D eigenvalue weighted by atomic mass is 9.72. The van der Waals surface area contributed by atoms with Crippen molar-refractivity contribution >= 4 is 11.6 Å². The molecule has 0 radical (unpaired) electrons. The van der Waals surface area contributed by atoms with E-state index < -0.39 is 0 Å². The van der Waals surface area contributed by atoms with Gasteiger partial charge in [-0.2, -0.15) is 0 Å². The second-order valence-corrected chi connectivity index (χ2v) is 7.39. The van der Waals surface area contributed by atoms with Crippen molar-refractivity contribution in [3.8, 4) is 0 Å². The maximum atomic E-state index is 12.0. The van der Waals surface area contributed by atoms with Gasteiger partial charge in [0.25, 0.3) is 0 Å². The molecular formula is C19H27NO. The lowest BCUT2D eigenvalue weighted by molar-refractivity contribution is -0.116. The zero-order valence-electron chi connectivity index (χ0n) is 13.6. The number of hydrogen-bond donors (Lipinski definition) is 0. The number of rotatable bonds is 2. The molecule has 0 bridgehead atoms. The number of carbonyl (C=O) groups is 1. The zero-order chi connectivity index (χ0) is 15.0. The fourth-order valence-corrected chi connectivity index (χ4v) is 4.37. The van der Waals surface area contributed by atoms with Crippen LogP contribution in [0.5, 0.6) is 0 Å². The van der Waals surface area contributed by atoms with Crippen LogP contribution in [-0.4, -0.2) is 12.5 Å². The Bertz CT molecular complexity index is 544. The van der Waals surface area contributed by atoms with Crippen molar-refractivity contribution < 1.29 is 4.79 Å². The normalized spacial score (nSPS) is 26.0. The van der Waals surface area contributed by atoms with Gasteiger partial charge in [-0.3, -0.25) is 4.79 Å². The number of fused-ring (bicyclic) bond motifs is 1. The van der Waals surface area contributed by atoms with Gasteiger partial charge in [0, 0.05) is 24.6 Å². The molecule has 3 rings (SSSR count). The van der Waals surface area contributed by atoms with Gasteiger partial charge in [-0.25, -0.2) is 0 Å². The zero-order valence-corrected chi connectivity index (χ0v) is 13.6. The third-order valence-corrected chi connectivity index (χ3v) is 5.44. The summed E-state index contributed by atoms with van der Waals surface area (Å²) in [4.78, 5) is 14.0. The molecular weight excluding hydrogens is 258 g/mol. The highest BCUT2D eigenvalue weighted by atomic mass is 16.2. The summed E-state index contributed by atoms with van der Waals surface area (Å²) in [5.74, 6) is 1.01. The molecule has 1 atom stereocenters. The first kappa shape index (κ1) is 14.6. The molecule has 1 fully saturated rings. The molecule has 1 heterocycles. The van der Waals surface area contributed by atoms with Crippen molar-refractivity contribution in [3.63, 3.8) is 0 Å². The minimum absolute atomic E-state index is 0.134. The summed E-state index contributed by atoms with van der Waals surface area (Å²) in [6, 6.07) is 6.57. The molecule has 1 amide bonds. The lowest BCUT2D eigenvalue weighted by Crippen LogP contribution is -2.35. The highest BCUT2D eigenvalue weighted by Crippen LogP contribution is 2.46. The van der Waals surface area contributed by atoms with Crippen LogP contribution in [0.3, 0.4) is 0 Å². The van der Waals surface area contributed by atoms with Gasteiger partial charge >= 0.3 is 0 Å². The van der Waals surface area contributed by atoms with Gasteiger partial charge in [-0.15, -0.1) is 0 Å². The van der Waals surface area contributed by atoms with E-state index in [1.165, 1.54) is 49.7 Å². The van der Waals surface area contributed by atoms with E-state index in [0.717, 1.165) is 18.2 Å². The molecule has 0 aromatic heterocycles. The third-order valence-electron chi connectivity index (χ3n) is 5.44. The summed E-state index contributed by atoms with van der Waals surface area (Å²) >= 11 is 0. The molecule has 2 heteroatoms. The summed E-state index contributed by atoms with van der Waals surface area (Å²) in [6.45, 7) is 7.06. The number of amides is 1. The molecule has 0 saturated heterocycles. The van der Waals surface area contributed by atoms with Gasteiger partial charge in [-0.1, -0.05) is 56.7 Å². The molecule has 0 N–H and O–H groups in total. The molecule has 2 aliphatic rings. The van der Waals surface area contributed by atoms with Crippen molar-refractivity contribution in [2.45, 2.75) is 64.7 Å². The van der Waals surface area contributed by atoms with E-state index in [-0.39, 0.29) is 11.3 Å². The molecule has 21 heavy (non-hydrogen) atoms. The van der Waals surface area contributed by atoms with Crippen LogP contribution in [0.1, 0.15) is 63.5 Å². The number of anilines is 1. The SMILES string of the molecule is CC(=O)N1CC(C)(CC2CCCCC2)c2cc(C)ccc21. The fourth-order valence-electron chi connectivity index (χ4n) is 4.37. The van der Waals surface area contributed by atoms with Crippen molar-refractivity contribution in [3.05, 3.63) is 29.3 Å². The maximum absolute atomic E-state index is 12.0. The van der Waals surface area contributed by atoms with Crippen molar-refractivity contribution in [2.24, 2.45) is 5.92 Å². The average molecular weight is 285 g/mol. The Kier molecular flexibility index (Phi) is 3.81. The molecule has 114 valence electrons. The van der Waals surface area contributed by atoms with E-state index in [4.69, 9.17) is 0 Å². The standard InChI is InChI=1S/C19H27NO/c1-14-9-10-18-17(11-14)19(3,13-20(18)15(2)21)12-16-7-5-4-6-8-16/h9-11,16H,4-8,12-13H2,1-3H3. The number of carbonyl (C=O) groups excluding carboxylic acids is 1. The summed E-state index contributed by atoms with van der Waals surface area (Å²) in [5.41, 5.74) is 3.97. The minimum Gasteiger partial charge on any atom is -0.311 e. The first-order valence-corrected chi connectivity index (χ1v) is 8.39. The van der Waals surface area contributed by atoms with Crippen molar-refractivity contribution in [2.75, 3.05) is 11.4 Å². The smallest absolute Gasteiger partial charge is 0.223 e. The van der Waals surface area contributed by atoms with Crippen LogP contribution in [0.15, 0.2) is 18.2 Å². The summed E-state index contributed by atoms with van der Waals surface area (Å²) < 4.78 is 0. The number of aryl methyl sites for hydroxylation is 1. The van der Waals surface area contributed by atoms with E-state index in [9.17, 15) is 4.79 Å². The minimum atomic E-state index is 0.134. The molecule has 2 nitrogen and oxygen atoms in total. The first-order chi connectivity index (χ1) is 9.99. The van der Waals surface area contributed by atoms with E-state index >= 15 is 0 Å². The highest BCUT2D eigenvalue weighted by Gasteiger charge is 2.41. The largest absolute Gasteiger partial charge is 0.311 e. The van der Waals surface area contributed by atoms with Crippen LogP contribution in [-0.2, 0) is 10.2 Å². The molecule has 1 unspecified atom stereocenters. The number of hydrogen-bond acceptors (Lipinski definition) is 1. The molecule has 1 aromatic rings. The quantitative estimate of drug-likeness (QED) is 0.778. The van der Waals surface area contributed by atoms with Crippen molar-refractivity contribution in [1.82, 2.24) is 0 Å². The molecule has 0 spiro atoms. The van der Waals surface area contributed by atoms with E-state index in [1.54, 1.807) is 6.92 Å². The van der Waals surface area contributed by atoms with E-state index in [1.807, 2.05) is 4.90 Å². The average Bonchev–Trinajstić information content (AvgIpc) is 2.73. The number of benzene rings is 1. The van der Waals surface area contributed by atoms with Gasteiger partial charge in [0.15, 0.2) is 0 Å². The number of nitrogens with zero attached hydrogens (tertiary/aromatic N) is 1. The predicted molar refractivity (Wildman–Crippen MR) is 87.8 cm³/mol. The van der Waals surface area contributed by atoms with Gasteiger partial charge in [0.05, 0.1) is 0 Å². The molecule has 1 aliphatic heterocycles. The van der Waals surface area contributed by atoms with Crippen LogP contribution in [0, 0.1) is 12.8 Å².